The molecule has 0 saturated carbocycles. The Hall–Kier alpha value is -0.590. The van der Waals surface area contributed by atoms with E-state index in [1.165, 1.54) is 0 Å². The lowest BCUT2D eigenvalue weighted by Gasteiger charge is -2.33. The summed E-state index contributed by atoms with van der Waals surface area (Å²) in [6.45, 7) is 7.71. The van der Waals surface area contributed by atoms with E-state index in [4.69, 9.17) is 5.73 Å². The molecular formula is C14H24BrClN4O. The van der Waals surface area contributed by atoms with Gasteiger partial charge in [-0.15, -0.1) is 12.4 Å². The number of nitrogens with two attached hydrogens (primary N) is 1. The van der Waals surface area contributed by atoms with Gasteiger partial charge in [0, 0.05) is 19.1 Å². The van der Waals surface area contributed by atoms with Crippen molar-refractivity contribution < 1.29 is 4.79 Å². The van der Waals surface area contributed by atoms with Crippen LogP contribution in [0.25, 0.3) is 0 Å². The number of piperidine rings is 1. The summed E-state index contributed by atoms with van der Waals surface area (Å²) in [6.07, 6.45) is 1.95. The van der Waals surface area contributed by atoms with Gasteiger partial charge in [-0.2, -0.15) is 5.10 Å². The number of aromatic amines is 1. The predicted octanol–water partition coefficient (Wildman–Crippen LogP) is 2.92. The van der Waals surface area contributed by atoms with Crippen molar-refractivity contribution in [2.75, 3.05) is 13.1 Å². The molecular weight excluding hydrogens is 356 g/mol. The molecule has 120 valence electrons. The van der Waals surface area contributed by atoms with Gasteiger partial charge in [-0.1, -0.05) is 13.8 Å². The van der Waals surface area contributed by atoms with Crippen molar-refractivity contribution in [1.29, 1.82) is 0 Å². The molecule has 1 aliphatic heterocycles. The van der Waals surface area contributed by atoms with Gasteiger partial charge in [0.2, 0.25) is 0 Å². The van der Waals surface area contributed by atoms with Crippen LogP contribution in [0.3, 0.4) is 0 Å². The highest BCUT2D eigenvalue weighted by Crippen LogP contribution is 2.28. The molecule has 1 aromatic heterocycles. The van der Waals surface area contributed by atoms with E-state index >= 15 is 0 Å². The summed E-state index contributed by atoms with van der Waals surface area (Å²) in [5.74, 6) is 0.832. The molecule has 21 heavy (non-hydrogen) atoms. The van der Waals surface area contributed by atoms with Gasteiger partial charge in [-0.05, 0) is 47.5 Å². The average molecular weight is 380 g/mol. The van der Waals surface area contributed by atoms with Crippen LogP contribution >= 0.6 is 28.3 Å². The summed E-state index contributed by atoms with van der Waals surface area (Å²) < 4.78 is 0.798. The maximum absolute atomic E-state index is 12.5. The zero-order valence-electron chi connectivity index (χ0n) is 12.7. The largest absolute Gasteiger partial charge is 0.337 e. The van der Waals surface area contributed by atoms with Gasteiger partial charge in [0.15, 0.2) is 5.69 Å². The maximum Gasteiger partial charge on any atom is 0.275 e. The summed E-state index contributed by atoms with van der Waals surface area (Å²) in [6, 6.07) is 0.205. The van der Waals surface area contributed by atoms with Crippen LogP contribution < -0.4 is 5.73 Å². The van der Waals surface area contributed by atoms with Crippen molar-refractivity contribution in [1.82, 2.24) is 15.1 Å². The Morgan fingerprint density at radius 1 is 1.38 bits per heavy atom. The zero-order valence-corrected chi connectivity index (χ0v) is 15.1. The number of nitrogens with one attached hydrogen (secondary N) is 1. The maximum atomic E-state index is 12.5. The first-order chi connectivity index (χ1) is 9.41. The second-order valence-corrected chi connectivity index (χ2v) is 6.74. The van der Waals surface area contributed by atoms with Crippen LogP contribution in [-0.4, -0.2) is 40.1 Å². The third-order valence-corrected chi connectivity index (χ3v) is 4.89. The van der Waals surface area contributed by atoms with Gasteiger partial charge < -0.3 is 10.6 Å². The van der Waals surface area contributed by atoms with E-state index in [0.29, 0.717) is 17.5 Å². The van der Waals surface area contributed by atoms with Crippen LogP contribution in [-0.2, 0) is 0 Å². The van der Waals surface area contributed by atoms with Crippen molar-refractivity contribution in [3.05, 3.63) is 15.9 Å². The van der Waals surface area contributed by atoms with Crippen molar-refractivity contribution in [2.24, 2.45) is 11.7 Å². The van der Waals surface area contributed by atoms with Crippen molar-refractivity contribution in [2.45, 2.75) is 45.6 Å². The first-order valence-electron chi connectivity index (χ1n) is 7.20. The van der Waals surface area contributed by atoms with Crippen LogP contribution in [0.1, 0.15) is 55.7 Å². The number of hydrogen-bond donors (Lipinski definition) is 2. The van der Waals surface area contributed by atoms with Gasteiger partial charge >= 0.3 is 0 Å². The number of likely N-dealkylation sites (tertiary alicyclic amines) is 1. The molecule has 1 aliphatic rings. The second kappa shape index (κ2) is 7.61. The number of halogens is 2. The van der Waals surface area contributed by atoms with Crippen molar-refractivity contribution in [3.8, 4) is 0 Å². The highest BCUT2D eigenvalue weighted by molar-refractivity contribution is 9.10. The SMILES string of the molecule is CC(C)c1[nH]nc(C(=O)N2CCC(C(C)N)CC2)c1Br.Cl. The molecule has 7 heteroatoms. The molecule has 0 aliphatic carbocycles. The fourth-order valence-electron chi connectivity index (χ4n) is 2.64. The number of carbonyl (C=O) groups excluding carboxylic acids is 1. The van der Waals surface area contributed by atoms with E-state index in [1.807, 2.05) is 11.8 Å². The van der Waals surface area contributed by atoms with E-state index < -0.39 is 0 Å². The third-order valence-electron chi connectivity index (χ3n) is 4.08. The van der Waals surface area contributed by atoms with E-state index in [0.717, 1.165) is 36.1 Å². The highest BCUT2D eigenvalue weighted by atomic mass is 79.9. The smallest absolute Gasteiger partial charge is 0.275 e. The molecule has 0 spiro atoms. The average Bonchev–Trinajstić information content (AvgIpc) is 2.80. The zero-order chi connectivity index (χ0) is 14.9. The Kier molecular flexibility index (Phi) is 6.69. The molecule has 2 rings (SSSR count). The number of H-pyrrole nitrogens is 1. The van der Waals surface area contributed by atoms with Crippen LogP contribution in [0.5, 0.6) is 0 Å². The lowest BCUT2D eigenvalue weighted by molar-refractivity contribution is 0.0674. The minimum Gasteiger partial charge on any atom is -0.337 e. The number of rotatable bonds is 3. The van der Waals surface area contributed by atoms with Crippen LogP contribution in [0.4, 0.5) is 0 Å². The fourth-order valence-corrected chi connectivity index (χ4v) is 3.45. The van der Waals surface area contributed by atoms with E-state index in [1.54, 1.807) is 0 Å². The summed E-state index contributed by atoms with van der Waals surface area (Å²) in [5.41, 5.74) is 7.40. The van der Waals surface area contributed by atoms with E-state index in [2.05, 4.69) is 40.0 Å². The standard InChI is InChI=1S/C14H23BrN4O.ClH/c1-8(2)12-11(15)13(18-17-12)14(20)19-6-4-10(5-7-19)9(3)16;/h8-10H,4-7,16H2,1-3H3,(H,17,18);1H. The predicted molar refractivity (Wildman–Crippen MR) is 89.9 cm³/mol. The molecule has 1 amide bonds. The van der Waals surface area contributed by atoms with Gasteiger partial charge in [0.25, 0.3) is 5.91 Å². The molecule has 2 heterocycles. The molecule has 3 N–H and O–H groups in total. The molecule has 0 bridgehead atoms. The van der Waals surface area contributed by atoms with Crippen LogP contribution in [0, 0.1) is 5.92 Å². The number of hydrogen-bond acceptors (Lipinski definition) is 3. The molecule has 1 aromatic rings. The van der Waals surface area contributed by atoms with E-state index in [9.17, 15) is 4.79 Å². The molecule has 0 radical (unpaired) electrons. The Bertz CT molecular complexity index is 481. The highest BCUT2D eigenvalue weighted by Gasteiger charge is 2.28. The monoisotopic (exact) mass is 378 g/mol. The summed E-state index contributed by atoms with van der Waals surface area (Å²) >= 11 is 3.49. The molecule has 1 atom stereocenters. The first-order valence-corrected chi connectivity index (χ1v) is 7.99. The van der Waals surface area contributed by atoms with Gasteiger partial charge in [-0.3, -0.25) is 9.89 Å². The number of aromatic nitrogens is 2. The Morgan fingerprint density at radius 2 is 1.95 bits per heavy atom. The topological polar surface area (TPSA) is 75.0 Å². The minimum absolute atomic E-state index is 0. The molecule has 1 fully saturated rings. The fraction of sp³-hybridized carbons (Fsp3) is 0.714. The quantitative estimate of drug-likeness (QED) is 0.848. The number of carbonyl (C=O) groups is 1. The number of nitrogens with zero attached hydrogens (tertiary/aromatic N) is 2. The molecule has 0 aromatic carbocycles. The minimum atomic E-state index is 0. The van der Waals surface area contributed by atoms with E-state index in [-0.39, 0.29) is 24.4 Å². The Morgan fingerprint density at radius 3 is 2.38 bits per heavy atom. The Balaban J connectivity index is 0.00000220. The molecule has 1 saturated heterocycles. The second-order valence-electron chi connectivity index (χ2n) is 5.94. The first kappa shape index (κ1) is 18.5. The van der Waals surface area contributed by atoms with Gasteiger partial charge in [-0.25, -0.2) is 0 Å². The summed E-state index contributed by atoms with van der Waals surface area (Å²) in [4.78, 5) is 14.4. The molecule has 1 unspecified atom stereocenters. The van der Waals surface area contributed by atoms with Crippen molar-refractivity contribution >= 4 is 34.2 Å². The Labute approximate surface area is 140 Å². The van der Waals surface area contributed by atoms with Crippen molar-refractivity contribution in [3.63, 3.8) is 0 Å². The van der Waals surface area contributed by atoms with Crippen LogP contribution in [0.15, 0.2) is 4.47 Å². The van der Waals surface area contributed by atoms with Gasteiger partial charge in [0.1, 0.15) is 0 Å². The third kappa shape index (κ3) is 3.99. The molecule has 5 nitrogen and oxygen atoms in total. The van der Waals surface area contributed by atoms with Crippen LogP contribution in [0.2, 0.25) is 0 Å². The normalized spacial score (nSPS) is 17.7. The lowest BCUT2D eigenvalue weighted by atomic mass is 9.91. The lowest BCUT2D eigenvalue weighted by Crippen LogP contribution is -2.42. The van der Waals surface area contributed by atoms with Gasteiger partial charge in [0.05, 0.1) is 10.2 Å². The number of amides is 1. The summed E-state index contributed by atoms with van der Waals surface area (Å²) in [7, 11) is 0. The summed E-state index contributed by atoms with van der Waals surface area (Å²) in [5, 5.41) is 7.13.